The SMILES string of the molecule is Cc1cccc(C2CC2)c1Oc1nnc(Cl)cc1OC(=O)N1CCCC1(C)C(=O)O. The molecule has 1 N–H and O–H groups in total. The first kappa shape index (κ1) is 20.4. The molecule has 2 heterocycles. The lowest BCUT2D eigenvalue weighted by molar-refractivity contribution is -0.147. The molecule has 158 valence electrons. The van der Waals surface area contributed by atoms with Crippen molar-refractivity contribution < 1.29 is 24.2 Å². The summed E-state index contributed by atoms with van der Waals surface area (Å²) >= 11 is 5.96. The Morgan fingerprint density at radius 3 is 2.77 bits per heavy atom. The molecule has 1 aliphatic carbocycles. The monoisotopic (exact) mass is 431 g/mol. The van der Waals surface area contributed by atoms with Gasteiger partial charge in [-0.25, -0.2) is 9.59 Å². The van der Waals surface area contributed by atoms with Gasteiger partial charge in [0.1, 0.15) is 11.3 Å². The second-order valence-corrected chi connectivity index (χ2v) is 8.30. The van der Waals surface area contributed by atoms with E-state index < -0.39 is 17.6 Å². The third kappa shape index (κ3) is 3.79. The van der Waals surface area contributed by atoms with Gasteiger partial charge in [-0.3, -0.25) is 4.90 Å². The number of aryl methyl sites for hydroxylation is 1. The summed E-state index contributed by atoms with van der Waals surface area (Å²) in [5, 5.41) is 17.4. The maximum atomic E-state index is 12.8. The number of carboxylic acid groups (broad SMARTS) is 1. The zero-order valence-corrected chi connectivity index (χ0v) is 17.5. The van der Waals surface area contributed by atoms with Crippen LogP contribution in [0.2, 0.25) is 5.15 Å². The van der Waals surface area contributed by atoms with Crippen LogP contribution in [0.4, 0.5) is 4.79 Å². The number of ether oxygens (including phenoxy) is 2. The van der Waals surface area contributed by atoms with E-state index in [9.17, 15) is 14.7 Å². The highest BCUT2D eigenvalue weighted by Crippen LogP contribution is 2.47. The average molecular weight is 432 g/mol. The minimum atomic E-state index is -1.32. The molecule has 0 bridgehead atoms. The van der Waals surface area contributed by atoms with Crippen molar-refractivity contribution >= 4 is 23.7 Å². The van der Waals surface area contributed by atoms with E-state index in [-0.39, 0.29) is 23.3 Å². The molecule has 2 fully saturated rings. The van der Waals surface area contributed by atoms with Gasteiger partial charge in [-0.15, -0.1) is 10.2 Å². The number of aromatic nitrogens is 2. The first-order valence-electron chi connectivity index (χ1n) is 9.83. The number of halogens is 1. The quantitative estimate of drug-likeness (QED) is 0.740. The van der Waals surface area contributed by atoms with Crippen molar-refractivity contribution in [3.8, 4) is 17.4 Å². The topological polar surface area (TPSA) is 102 Å². The number of para-hydroxylation sites is 1. The normalized spacial score (nSPS) is 20.8. The second-order valence-electron chi connectivity index (χ2n) is 7.91. The Balaban J connectivity index is 1.62. The van der Waals surface area contributed by atoms with Gasteiger partial charge in [-0.2, -0.15) is 0 Å². The van der Waals surface area contributed by atoms with E-state index in [1.165, 1.54) is 17.9 Å². The molecule has 1 aromatic carbocycles. The molecule has 1 saturated heterocycles. The van der Waals surface area contributed by atoms with Gasteiger partial charge in [-0.1, -0.05) is 29.8 Å². The summed E-state index contributed by atoms with van der Waals surface area (Å²) in [7, 11) is 0. The van der Waals surface area contributed by atoms with Gasteiger partial charge in [0.15, 0.2) is 10.9 Å². The number of carbonyl (C=O) groups excluding carboxylic acids is 1. The molecule has 30 heavy (non-hydrogen) atoms. The molecular weight excluding hydrogens is 410 g/mol. The summed E-state index contributed by atoms with van der Waals surface area (Å²) in [6, 6.07) is 7.26. The maximum absolute atomic E-state index is 12.8. The number of hydrogen-bond acceptors (Lipinski definition) is 6. The number of amides is 1. The van der Waals surface area contributed by atoms with E-state index in [0.717, 1.165) is 24.0 Å². The van der Waals surface area contributed by atoms with Crippen LogP contribution < -0.4 is 9.47 Å². The summed E-state index contributed by atoms with van der Waals surface area (Å²) in [5.74, 6) is 0.00982. The number of likely N-dealkylation sites (tertiary alicyclic amines) is 1. The maximum Gasteiger partial charge on any atom is 0.416 e. The molecule has 1 amide bonds. The molecule has 4 rings (SSSR count). The Morgan fingerprint density at radius 1 is 1.30 bits per heavy atom. The van der Waals surface area contributed by atoms with Gasteiger partial charge in [0.05, 0.1) is 0 Å². The predicted molar refractivity (Wildman–Crippen MR) is 108 cm³/mol. The third-order valence-electron chi connectivity index (χ3n) is 5.68. The highest BCUT2D eigenvalue weighted by Gasteiger charge is 2.47. The summed E-state index contributed by atoms with van der Waals surface area (Å²) in [4.78, 5) is 25.7. The Hall–Kier alpha value is -2.87. The largest absolute Gasteiger partial charge is 0.480 e. The van der Waals surface area contributed by atoms with Gasteiger partial charge in [0, 0.05) is 12.6 Å². The zero-order valence-electron chi connectivity index (χ0n) is 16.7. The van der Waals surface area contributed by atoms with Crippen molar-refractivity contribution in [2.45, 2.75) is 51.0 Å². The van der Waals surface area contributed by atoms with Crippen LogP contribution in [0.3, 0.4) is 0 Å². The Kier molecular flexibility index (Phi) is 5.27. The van der Waals surface area contributed by atoms with Crippen molar-refractivity contribution in [2.75, 3.05) is 6.54 Å². The Labute approximate surface area is 178 Å². The van der Waals surface area contributed by atoms with E-state index in [4.69, 9.17) is 21.1 Å². The minimum Gasteiger partial charge on any atom is -0.480 e. The summed E-state index contributed by atoms with van der Waals surface area (Å²) in [6.07, 6.45) is 2.32. The van der Waals surface area contributed by atoms with Crippen LogP contribution in [0, 0.1) is 6.92 Å². The second kappa shape index (κ2) is 7.75. The first-order valence-corrected chi connectivity index (χ1v) is 10.2. The molecule has 2 aliphatic rings. The minimum absolute atomic E-state index is 0.000162. The fourth-order valence-corrected chi connectivity index (χ4v) is 3.88. The van der Waals surface area contributed by atoms with Crippen molar-refractivity contribution in [2.24, 2.45) is 0 Å². The smallest absolute Gasteiger partial charge is 0.416 e. The standard InChI is InChI=1S/C21H22ClN3O5/c1-12-5-3-6-14(13-7-8-13)17(12)30-18-15(11-16(22)23-24-18)29-20(28)25-10-4-9-21(25,2)19(26)27/h3,5-6,11,13H,4,7-10H2,1-2H3,(H,26,27). The zero-order chi connectivity index (χ0) is 21.5. The Bertz CT molecular complexity index is 1010. The van der Waals surface area contributed by atoms with Crippen LogP contribution in [-0.4, -0.2) is 44.4 Å². The summed E-state index contributed by atoms with van der Waals surface area (Å²) < 4.78 is 11.5. The third-order valence-corrected chi connectivity index (χ3v) is 5.86. The molecular formula is C21H22ClN3O5. The lowest BCUT2D eigenvalue weighted by Crippen LogP contribution is -2.51. The lowest BCUT2D eigenvalue weighted by atomic mass is 10.00. The van der Waals surface area contributed by atoms with E-state index in [1.807, 2.05) is 25.1 Å². The molecule has 1 aliphatic heterocycles. The van der Waals surface area contributed by atoms with Crippen LogP contribution in [0.1, 0.15) is 49.7 Å². The van der Waals surface area contributed by atoms with Crippen LogP contribution in [-0.2, 0) is 4.79 Å². The summed E-state index contributed by atoms with van der Waals surface area (Å²) in [5.41, 5.74) is 0.672. The van der Waals surface area contributed by atoms with Crippen molar-refractivity contribution in [1.29, 1.82) is 0 Å². The van der Waals surface area contributed by atoms with Gasteiger partial charge < -0.3 is 14.6 Å². The summed E-state index contributed by atoms with van der Waals surface area (Å²) in [6.45, 7) is 3.72. The molecule has 0 radical (unpaired) electrons. The predicted octanol–water partition coefficient (Wildman–Crippen LogP) is 4.55. The molecule has 1 saturated carbocycles. The highest BCUT2D eigenvalue weighted by molar-refractivity contribution is 6.29. The van der Waals surface area contributed by atoms with Crippen molar-refractivity contribution in [3.05, 3.63) is 40.5 Å². The molecule has 1 atom stereocenters. The van der Waals surface area contributed by atoms with E-state index in [1.54, 1.807) is 0 Å². The molecule has 9 heteroatoms. The van der Waals surface area contributed by atoms with Gasteiger partial charge in [0.25, 0.3) is 5.88 Å². The number of benzene rings is 1. The van der Waals surface area contributed by atoms with Gasteiger partial charge >= 0.3 is 12.1 Å². The van der Waals surface area contributed by atoms with E-state index >= 15 is 0 Å². The van der Waals surface area contributed by atoms with Crippen LogP contribution in [0.15, 0.2) is 24.3 Å². The highest BCUT2D eigenvalue weighted by atomic mass is 35.5. The number of carbonyl (C=O) groups is 2. The van der Waals surface area contributed by atoms with Gasteiger partial charge in [-0.05, 0) is 56.6 Å². The number of hydrogen-bond donors (Lipinski definition) is 1. The molecule has 2 aromatic rings. The molecule has 0 spiro atoms. The van der Waals surface area contributed by atoms with Crippen molar-refractivity contribution in [1.82, 2.24) is 15.1 Å². The average Bonchev–Trinajstić information content (AvgIpc) is 3.46. The first-order chi connectivity index (χ1) is 14.3. The molecule has 8 nitrogen and oxygen atoms in total. The lowest BCUT2D eigenvalue weighted by Gasteiger charge is -2.30. The molecule has 1 unspecified atom stereocenters. The molecule has 1 aromatic heterocycles. The van der Waals surface area contributed by atoms with Crippen LogP contribution >= 0.6 is 11.6 Å². The fourth-order valence-electron chi connectivity index (χ4n) is 3.74. The number of nitrogens with zero attached hydrogens (tertiary/aromatic N) is 3. The van der Waals surface area contributed by atoms with Crippen LogP contribution in [0.5, 0.6) is 17.4 Å². The Morgan fingerprint density at radius 2 is 2.07 bits per heavy atom. The van der Waals surface area contributed by atoms with Crippen molar-refractivity contribution in [3.63, 3.8) is 0 Å². The number of carboxylic acids is 1. The van der Waals surface area contributed by atoms with E-state index in [0.29, 0.717) is 24.5 Å². The van der Waals surface area contributed by atoms with Crippen LogP contribution in [0.25, 0.3) is 0 Å². The number of rotatable bonds is 5. The number of aliphatic carboxylic acids is 1. The van der Waals surface area contributed by atoms with Gasteiger partial charge in [0.2, 0.25) is 0 Å². The van der Waals surface area contributed by atoms with E-state index in [2.05, 4.69) is 10.2 Å². The fraction of sp³-hybridized carbons (Fsp3) is 0.429.